The molecule has 2 aromatic carbocycles. The van der Waals surface area contributed by atoms with Crippen LogP contribution in [-0.2, 0) is 6.54 Å². The van der Waals surface area contributed by atoms with Crippen molar-refractivity contribution in [3.05, 3.63) is 58.8 Å². The van der Waals surface area contributed by atoms with Crippen molar-refractivity contribution in [3.8, 4) is 11.5 Å². The number of rotatable bonds is 6. The summed E-state index contributed by atoms with van der Waals surface area (Å²) >= 11 is 0. The van der Waals surface area contributed by atoms with Gasteiger partial charge >= 0.3 is 5.69 Å². The molecule has 3 rings (SSSR count). The fourth-order valence-corrected chi connectivity index (χ4v) is 2.41. The van der Waals surface area contributed by atoms with Gasteiger partial charge in [-0.3, -0.25) is 4.57 Å². The van der Waals surface area contributed by atoms with Crippen molar-refractivity contribution >= 4 is 11.0 Å². The Morgan fingerprint density at radius 3 is 2.52 bits per heavy atom. The highest BCUT2D eigenvalue weighted by molar-refractivity contribution is 5.76. The van der Waals surface area contributed by atoms with E-state index in [0.717, 1.165) is 11.0 Å². The van der Waals surface area contributed by atoms with Crippen LogP contribution in [0.1, 0.15) is 6.92 Å². The van der Waals surface area contributed by atoms with Crippen LogP contribution in [0.5, 0.6) is 11.5 Å². The molecule has 3 aromatic rings. The number of nitrogens with one attached hydrogen (secondary N) is 1. The van der Waals surface area contributed by atoms with E-state index in [1.165, 1.54) is 12.1 Å². The number of hydrogen-bond donors (Lipinski definition) is 1. The highest BCUT2D eigenvalue weighted by Gasteiger charge is 2.06. The van der Waals surface area contributed by atoms with Crippen molar-refractivity contribution < 1.29 is 13.9 Å². The molecule has 23 heavy (non-hydrogen) atoms. The molecule has 0 unspecified atom stereocenters. The Bertz CT molecular complexity index is 870. The number of benzene rings is 2. The summed E-state index contributed by atoms with van der Waals surface area (Å²) in [5, 5.41) is 0. The van der Waals surface area contributed by atoms with Crippen molar-refractivity contribution in [2.24, 2.45) is 0 Å². The van der Waals surface area contributed by atoms with Gasteiger partial charge in [-0.15, -0.1) is 0 Å². The first kappa shape index (κ1) is 15.1. The number of ether oxygens (including phenoxy) is 2. The summed E-state index contributed by atoms with van der Waals surface area (Å²) in [6, 6.07) is 11.4. The number of nitrogens with zero attached hydrogens (tertiary/aromatic N) is 1. The van der Waals surface area contributed by atoms with Crippen molar-refractivity contribution in [3.63, 3.8) is 0 Å². The fourth-order valence-electron chi connectivity index (χ4n) is 2.41. The molecule has 1 aromatic heterocycles. The van der Waals surface area contributed by atoms with E-state index in [4.69, 9.17) is 9.47 Å². The summed E-state index contributed by atoms with van der Waals surface area (Å²) in [4.78, 5) is 14.5. The average molecular weight is 316 g/mol. The van der Waals surface area contributed by atoms with Gasteiger partial charge in [-0.25, -0.2) is 9.18 Å². The maximum absolute atomic E-state index is 13.0. The van der Waals surface area contributed by atoms with E-state index in [-0.39, 0.29) is 11.5 Å². The average Bonchev–Trinajstić information content (AvgIpc) is 2.86. The monoisotopic (exact) mass is 316 g/mol. The highest BCUT2D eigenvalue weighted by Crippen LogP contribution is 2.19. The quantitative estimate of drug-likeness (QED) is 0.711. The Labute approximate surface area is 132 Å². The molecule has 0 spiro atoms. The molecular formula is C17H17FN2O3. The van der Waals surface area contributed by atoms with Gasteiger partial charge in [-0.05, 0) is 31.2 Å². The van der Waals surface area contributed by atoms with Gasteiger partial charge in [0.15, 0.2) is 0 Å². The van der Waals surface area contributed by atoms with E-state index in [1.807, 2.05) is 19.1 Å². The van der Waals surface area contributed by atoms with E-state index in [2.05, 4.69) is 4.98 Å². The van der Waals surface area contributed by atoms with Gasteiger partial charge in [-0.1, -0.05) is 6.07 Å². The zero-order valence-corrected chi connectivity index (χ0v) is 12.7. The van der Waals surface area contributed by atoms with Gasteiger partial charge in [0.2, 0.25) is 0 Å². The molecule has 0 bridgehead atoms. The van der Waals surface area contributed by atoms with E-state index < -0.39 is 0 Å². The molecule has 0 fully saturated rings. The summed E-state index contributed by atoms with van der Waals surface area (Å²) < 4.78 is 25.7. The number of hydrogen-bond acceptors (Lipinski definition) is 3. The van der Waals surface area contributed by atoms with Gasteiger partial charge in [0, 0.05) is 18.7 Å². The molecule has 6 heteroatoms. The van der Waals surface area contributed by atoms with Gasteiger partial charge < -0.3 is 14.5 Å². The zero-order valence-electron chi connectivity index (χ0n) is 12.7. The standard InChI is InChI=1S/C17H17FN2O3/c1-2-20-16-11-14(6-7-15(16)19-17(20)21)23-9-8-22-13-5-3-4-12(18)10-13/h3-7,10-11H,2,8-9H2,1H3,(H,19,21). The molecular weight excluding hydrogens is 299 g/mol. The Hall–Kier alpha value is -2.76. The second kappa shape index (κ2) is 6.56. The van der Waals surface area contributed by atoms with Crippen molar-refractivity contribution in [2.45, 2.75) is 13.5 Å². The van der Waals surface area contributed by atoms with Crippen molar-refractivity contribution in [1.29, 1.82) is 0 Å². The number of aromatic amines is 1. The number of imidazole rings is 1. The topological polar surface area (TPSA) is 56.2 Å². The lowest BCUT2D eigenvalue weighted by Gasteiger charge is -2.09. The minimum atomic E-state index is -0.334. The van der Waals surface area contributed by atoms with Crippen LogP contribution in [0.2, 0.25) is 0 Å². The normalized spacial score (nSPS) is 10.9. The largest absolute Gasteiger partial charge is 0.490 e. The smallest absolute Gasteiger partial charge is 0.326 e. The summed E-state index contributed by atoms with van der Waals surface area (Å²) in [7, 11) is 0. The highest BCUT2D eigenvalue weighted by atomic mass is 19.1. The summed E-state index contributed by atoms with van der Waals surface area (Å²) in [5.74, 6) is 0.787. The van der Waals surface area contributed by atoms with Crippen LogP contribution < -0.4 is 15.2 Å². The maximum atomic E-state index is 13.0. The second-order valence-corrected chi connectivity index (χ2v) is 5.01. The molecule has 0 aliphatic carbocycles. The molecule has 5 nitrogen and oxygen atoms in total. The summed E-state index contributed by atoms with van der Waals surface area (Å²) in [6.45, 7) is 3.12. The molecule has 0 amide bonds. The second-order valence-electron chi connectivity index (χ2n) is 5.01. The Morgan fingerprint density at radius 2 is 1.83 bits per heavy atom. The van der Waals surface area contributed by atoms with Crippen LogP contribution in [-0.4, -0.2) is 22.8 Å². The number of halogens is 1. The first-order valence-corrected chi connectivity index (χ1v) is 7.41. The maximum Gasteiger partial charge on any atom is 0.326 e. The van der Waals surface area contributed by atoms with E-state index >= 15 is 0 Å². The minimum absolute atomic E-state index is 0.130. The van der Waals surface area contributed by atoms with Crippen LogP contribution in [0, 0.1) is 5.82 Å². The molecule has 1 N–H and O–H groups in total. The summed E-state index contributed by atoms with van der Waals surface area (Å²) in [5.41, 5.74) is 1.45. The third kappa shape index (κ3) is 3.36. The zero-order chi connectivity index (χ0) is 16.2. The fraction of sp³-hybridized carbons (Fsp3) is 0.235. The first-order valence-electron chi connectivity index (χ1n) is 7.41. The molecule has 0 aliphatic rings. The first-order chi connectivity index (χ1) is 11.2. The minimum Gasteiger partial charge on any atom is -0.490 e. The van der Waals surface area contributed by atoms with Gasteiger partial charge in [0.05, 0.1) is 11.0 Å². The molecule has 0 aliphatic heterocycles. The predicted molar refractivity (Wildman–Crippen MR) is 85.6 cm³/mol. The van der Waals surface area contributed by atoms with Crippen LogP contribution in [0.25, 0.3) is 11.0 Å². The van der Waals surface area contributed by atoms with Crippen molar-refractivity contribution in [1.82, 2.24) is 9.55 Å². The lowest BCUT2D eigenvalue weighted by atomic mass is 10.3. The van der Waals surface area contributed by atoms with Gasteiger partial charge in [0.1, 0.15) is 30.5 Å². The van der Waals surface area contributed by atoms with Gasteiger partial charge in [0.25, 0.3) is 0 Å². The van der Waals surface area contributed by atoms with Crippen LogP contribution in [0.15, 0.2) is 47.3 Å². The van der Waals surface area contributed by atoms with Crippen LogP contribution in [0.4, 0.5) is 4.39 Å². The molecule has 0 radical (unpaired) electrons. The van der Waals surface area contributed by atoms with E-state index in [0.29, 0.717) is 31.3 Å². The molecule has 0 saturated carbocycles. The Balaban J connectivity index is 1.62. The van der Waals surface area contributed by atoms with Crippen LogP contribution >= 0.6 is 0 Å². The van der Waals surface area contributed by atoms with E-state index in [1.54, 1.807) is 22.8 Å². The third-order valence-electron chi connectivity index (χ3n) is 3.48. The van der Waals surface area contributed by atoms with Crippen molar-refractivity contribution in [2.75, 3.05) is 13.2 Å². The molecule has 0 saturated heterocycles. The lowest BCUT2D eigenvalue weighted by Crippen LogP contribution is -2.15. The number of H-pyrrole nitrogens is 1. The third-order valence-corrected chi connectivity index (χ3v) is 3.48. The molecule has 0 atom stereocenters. The van der Waals surface area contributed by atoms with Crippen LogP contribution in [0.3, 0.4) is 0 Å². The van der Waals surface area contributed by atoms with E-state index in [9.17, 15) is 9.18 Å². The SMILES string of the molecule is CCn1c(=O)[nH]c2ccc(OCCOc3cccc(F)c3)cc21. The lowest BCUT2D eigenvalue weighted by molar-refractivity contribution is 0.217. The summed E-state index contributed by atoms with van der Waals surface area (Å²) in [6.07, 6.45) is 0. The Morgan fingerprint density at radius 1 is 1.09 bits per heavy atom. The number of aryl methyl sites for hydroxylation is 1. The number of aromatic nitrogens is 2. The Kier molecular flexibility index (Phi) is 4.32. The number of fused-ring (bicyclic) bond motifs is 1. The predicted octanol–water partition coefficient (Wildman–Crippen LogP) is 2.95. The van der Waals surface area contributed by atoms with Gasteiger partial charge in [-0.2, -0.15) is 0 Å². The molecule has 1 heterocycles. The molecule has 120 valence electrons.